The molecule has 0 bridgehead atoms. The van der Waals surface area contributed by atoms with Gasteiger partial charge in [0.2, 0.25) is 11.8 Å². The van der Waals surface area contributed by atoms with Gasteiger partial charge in [0.25, 0.3) is 0 Å². The maximum absolute atomic E-state index is 14.3. The molecule has 1 atom stereocenters. The number of hydrogen-bond donors (Lipinski definition) is 1. The molecule has 0 saturated carbocycles. The number of rotatable bonds is 8. The van der Waals surface area contributed by atoms with Crippen LogP contribution in [0.15, 0.2) is 60.7 Å². The topological polar surface area (TPSA) is 98.6 Å². The van der Waals surface area contributed by atoms with Crippen LogP contribution in [0.3, 0.4) is 0 Å². The Kier molecular flexibility index (Phi) is 7.90. The van der Waals surface area contributed by atoms with Crippen LogP contribution in [0.1, 0.15) is 43.5 Å². The summed E-state index contributed by atoms with van der Waals surface area (Å²) in [5.74, 6) is 0.143. The van der Waals surface area contributed by atoms with E-state index in [-0.39, 0.29) is 18.4 Å². The molecule has 9 heteroatoms. The van der Waals surface area contributed by atoms with E-state index in [4.69, 9.17) is 9.47 Å². The molecule has 1 heterocycles. The molecule has 0 aliphatic rings. The van der Waals surface area contributed by atoms with E-state index < -0.39 is 11.6 Å². The second-order valence-electron chi connectivity index (χ2n) is 10.5. The van der Waals surface area contributed by atoms with E-state index in [0.29, 0.717) is 28.3 Å². The number of amides is 2. The summed E-state index contributed by atoms with van der Waals surface area (Å²) in [5, 5.41) is 11.5. The quantitative estimate of drug-likeness (QED) is 0.354. The van der Waals surface area contributed by atoms with Gasteiger partial charge in [0.15, 0.2) is 11.5 Å². The predicted octanol–water partition coefficient (Wildman–Crippen LogP) is 4.75. The van der Waals surface area contributed by atoms with Crippen molar-refractivity contribution in [2.24, 2.45) is 0 Å². The summed E-state index contributed by atoms with van der Waals surface area (Å²) in [5.41, 5.74) is 3.84. The summed E-state index contributed by atoms with van der Waals surface area (Å²) >= 11 is 0. The lowest BCUT2D eigenvalue weighted by Gasteiger charge is -2.35. The average molecular weight is 530 g/mol. The molecule has 39 heavy (non-hydrogen) atoms. The summed E-state index contributed by atoms with van der Waals surface area (Å²) in [4.78, 5) is 30.0. The number of fused-ring (bicyclic) bond motifs is 1. The molecule has 0 unspecified atom stereocenters. The van der Waals surface area contributed by atoms with Crippen LogP contribution in [0.5, 0.6) is 11.5 Å². The Morgan fingerprint density at radius 3 is 2.41 bits per heavy atom. The van der Waals surface area contributed by atoms with Gasteiger partial charge in [-0.2, -0.15) is 0 Å². The van der Waals surface area contributed by atoms with Gasteiger partial charge in [-0.3, -0.25) is 14.5 Å². The third kappa shape index (κ3) is 5.87. The zero-order chi connectivity index (χ0) is 28.3. The Bertz CT molecular complexity index is 1510. The van der Waals surface area contributed by atoms with Crippen LogP contribution in [0.2, 0.25) is 0 Å². The smallest absolute Gasteiger partial charge is 0.249 e. The van der Waals surface area contributed by atoms with Gasteiger partial charge in [0.05, 0.1) is 19.7 Å². The van der Waals surface area contributed by atoms with Crippen molar-refractivity contribution < 1.29 is 19.1 Å². The third-order valence-electron chi connectivity index (χ3n) is 6.32. The molecule has 0 aliphatic heterocycles. The number of carbonyl (C=O) groups is 2. The van der Waals surface area contributed by atoms with Crippen LogP contribution in [-0.4, -0.2) is 46.6 Å². The fourth-order valence-electron chi connectivity index (χ4n) is 4.69. The highest BCUT2D eigenvalue weighted by atomic mass is 16.5. The lowest BCUT2D eigenvalue weighted by molar-refractivity contribution is -0.128. The molecule has 0 radical (unpaired) electrons. The number of benzene rings is 3. The average Bonchev–Trinajstić information content (AvgIpc) is 3.28. The highest BCUT2D eigenvalue weighted by Gasteiger charge is 2.38. The molecule has 204 valence electrons. The number of ether oxygens (including phenoxy) is 2. The van der Waals surface area contributed by atoms with Crippen LogP contribution in [-0.2, 0) is 16.1 Å². The minimum Gasteiger partial charge on any atom is -0.493 e. The Labute approximate surface area is 228 Å². The molecule has 1 aromatic heterocycles. The first kappa shape index (κ1) is 27.6. The van der Waals surface area contributed by atoms with Crippen molar-refractivity contribution in [1.82, 2.24) is 20.3 Å². The van der Waals surface area contributed by atoms with Crippen molar-refractivity contribution in [3.8, 4) is 11.5 Å². The summed E-state index contributed by atoms with van der Waals surface area (Å²) in [7, 11) is 3.06. The third-order valence-corrected chi connectivity index (χ3v) is 6.32. The number of anilines is 1. The number of methoxy groups -OCH3 is 2. The maximum atomic E-state index is 14.3. The minimum atomic E-state index is -1.07. The highest BCUT2D eigenvalue weighted by Crippen LogP contribution is 2.40. The number of aryl methyl sites for hydroxylation is 2. The number of nitrogens with zero attached hydrogens (tertiary/aromatic N) is 4. The zero-order valence-corrected chi connectivity index (χ0v) is 23.5. The number of carbonyl (C=O) groups excluding carboxylic acids is 2. The summed E-state index contributed by atoms with van der Waals surface area (Å²) in [6, 6.07) is 17.5. The zero-order valence-electron chi connectivity index (χ0n) is 23.5. The van der Waals surface area contributed by atoms with E-state index in [2.05, 4.69) is 15.6 Å². The van der Waals surface area contributed by atoms with E-state index in [0.717, 1.165) is 16.6 Å². The van der Waals surface area contributed by atoms with Gasteiger partial charge in [-0.1, -0.05) is 47.2 Å². The molecule has 3 aromatic carbocycles. The molecule has 1 N–H and O–H groups in total. The molecular weight excluding hydrogens is 494 g/mol. The van der Waals surface area contributed by atoms with Gasteiger partial charge in [0, 0.05) is 16.8 Å². The Hall–Kier alpha value is -4.40. The van der Waals surface area contributed by atoms with Gasteiger partial charge >= 0.3 is 0 Å². The summed E-state index contributed by atoms with van der Waals surface area (Å²) < 4.78 is 12.8. The highest BCUT2D eigenvalue weighted by molar-refractivity contribution is 6.02. The maximum Gasteiger partial charge on any atom is 0.249 e. The van der Waals surface area contributed by atoms with Crippen molar-refractivity contribution >= 4 is 28.5 Å². The predicted molar refractivity (Wildman–Crippen MR) is 151 cm³/mol. The largest absolute Gasteiger partial charge is 0.493 e. The van der Waals surface area contributed by atoms with Crippen molar-refractivity contribution in [2.45, 2.75) is 52.7 Å². The molecule has 4 rings (SSSR count). The van der Waals surface area contributed by atoms with E-state index in [1.807, 2.05) is 77.1 Å². The first-order valence-corrected chi connectivity index (χ1v) is 12.7. The van der Waals surface area contributed by atoms with Gasteiger partial charge < -0.3 is 14.8 Å². The molecule has 2 amide bonds. The Balaban J connectivity index is 1.93. The molecule has 0 spiro atoms. The molecular formula is C30H35N5O4. The van der Waals surface area contributed by atoms with E-state index in [9.17, 15) is 9.59 Å². The number of nitrogens with one attached hydrogen (secondary N) is 1. The van der Waals surface area contributed by atoms with E-state index >= 15 is 0 Å². The van der Waals surface area contributed by atoms with Gasteiger partial charge in [-0.15, -0.1) is 5.10 Å². The van der Waals surface area contributed by atoms with Gasteiger partial charge in [-0.25, -0.2) is 4.68 Å². The van der Waals surface area contributed by atoms with E-state index in [1.54, 1.807) is 22.9 Å². The molecule has 9 nitrogen and oxygen atoms in total. The molecule has 0 fully saturated rings. The van der Waals surface area contributed by atoms with Gasteiger partial charge in [0.1, 0.15) is 18.1 Å². The fraction of sp³-hybridized carbons (Fsp3) is 0.333. The first-order valence-electron chi connectivity index (χ1n) is 12.7. The van der Waals surface area contributed by atoms with Crippen molar-refractivity contribution in [1.29, 1.82) is 0 Å². The number of hydrogen-bond acceptors (Lipinski definition) is 6. The van der Waals surface area contributed by atoms with Crippen LogP contribution in [0, 0.1) is 13.8 Å². The summed E-state index contributed by atoms with van der Waals surface area (Å²) in [6.07, 6.45) is 0. The normalized spacial score (nSPS) is 12.2. The second kappa shape index (κ2) is 11.1. The summed E-state index contributed by atoms with van der Waals surface area (Å²) in [6.45, 7) is 9.48. The molecule has 4 aromatic rings. The van der Waals surface area contributed by atoms with Crippen LogP contribution < -0.4 is 19.7 Å². The van der Waals surface area contributed by atoms with Crippen molar-refractivity contribution in [3.05, 3.63) is 77.4 Å². The number of aromatic nitrogens is 3. The molecule has 0 aliphatic carbocycles. The fourth-order valence-corrected chi connectivity index (χ4v) is 4.69. The minimum absolute atomic E-state index is 0.126. The first-order chi connectivity index (χ1) is 18.5. The SMILES string of the molecule is COc1cccc([C@H](C(=O)NC(C)(C)C)N(C(=O)Cn2nnc3ccccc32)c2ccc(C)cc2C)c1OC. The van der Waals surface area contributed by atoms with Gasteiger partial charge in [-0.05, 0) is 64.4 Å². The Morgan fingerprint density at radius 2 is 1.74 bits per heavy atom. The second-order valence-corrected chi connectivity index (χ2v) is 10.5. The molecule has 0 saturated heterocycles. The van der Waals surface area contributed by atoms with Crippen LogP contribution in [0.4, 0.5) is 5.69 Å². The lowest BCUT2D eigenvalue weighted by atomic mass is 9.98. The van der Waals surface area contributed by atoms with Crippen molar-refractivity contribution in [2.75, 3.05) is 19.1 Å². The lowest BCUT2D eigenvalue weighted by Crippen LogP contribution is -2.50. The monoisotopic (exact) mass is 529 g/mol. The Morgan fingerprint density at radius 1 is 1.00 bits per heavy atom. The van der Waals surface area contributed by atoms with Crippen molar-refractivity contribution in [3.63, 3.8) is 0 Å². The standard InChI is InChI=1S/C30H35N5O4/c1-19-15-16-23(20(2)17-19)35(26(36)18-34-24-13-9-8-12-22(24)32-33-34)27(29(37)31-30(3,4)5)21-11-10-14-25(38-6)28(21)39-7/h8-17,27H,18H2,1-7H3,(H,31,37)/t27-/m1/s1. The van der Waals surface area contributed by atoms with E-state index in [1.165, 1.54) is 19.1 Å². The number of para-hydroxylation sites is 2. The van der Waals surface area contributed by atoms with Crippen LogP contribution in [0.25, 0.3) is 11.0 Å². The van der Waals surface area contributed by atoms with Crippen LogP contribution >= 0.6 is 0 Å².